The number of morpholine rings is 1. The first-order chi connectivity index (χ1) is 29.2. The fourth-order valence-electron chi connectivity index (χ4n) is 7.53. The van der Waals surface area contributed by atoms with Gasteiger partial charge in [0.2, 0.25) is 11.6 Å². The quantitative estimate of drug-likeness (QED) is 0.128. The van der Waals surface area contributed by atoms with Crippen LogP contribution in [0, 0.1) is 23.7 Å². The van der Waals surface area contributed by atoms with Gasteiger partial charge < -0.3 is 49.7 Å². The number of nitrogens with one attached hydrogen (secondary N) is 2. The van der Waals surface area contributed by atoms with Crippen molar-refractivity contribution in [1.82, 2.24) is 10.6 Å². The highest BCUT2D eigenvalue weighted by Crippen LogP contribution is 2.29. The van der Waals surface area contributed by atoms with Crippen LogP contribution in [0.2, 0.25) is 0 Å². The number of unbranched alkanes of at least 4 members (excludes halogenated alkanes) is 1. The summed E-state index contributed by atoms with van der Waals surface area (Å²) < 4.78 is 28.4. The minimum absolute atomic E-state index is 0.128. The van der Waals surface area contributed by atoms with Gasteiger partial charge in [-0.2, -0.15) is 0 Å². The van der Waals surface area contributed by atoms with Crippen molar-refractivity contribution >= 4 is 40.4 Å². The molecule has 2 amide bonds. The zero-order valence-electron chi connectivity index (χ0n) is 35.6. The second kappa shape index (κ2) is 21.6. The normalized spacial score (nSPS) is 26.8. The SMILES string of the molecule is CO[C@H]1/C=C\C=C(/C)C(=O)NC2=CC(=O)C(NCCCC#Cc3cccc4c(=O)cc(N5CCOCC5)oc34)=C(C[C@H](C)C[C@H](OC)[C@@H](O)[C@@H](C)/C=C(\C)[C@@H]1OC(N)=O)C2=O. The van der Waals surface area contributed by atoms with Crippen molar-refractivity contribution in [3.8, 4) is 11.8 Å². The van der Waals surface area contributed by atoms with Crippen LogP contribution in [0.3, 0.4) is 0 Å². The Morgan fingerprint density at radius 1 is 1.10 bits per heavy atom. The summed E-state index contributed by atoms with van der Waals surface area (Å²) in [7, 11) is 2.91. The fraction of sp³-hybridized carbons (Fsp3) is 0.457. The third-order valence-electron chi connectivity index (χ3n) is 10.9. The van der Waals surface area contributed by atoms with Gasteiger partial charge in [-0.3, -0.25) is 19.2 Å². The number of ether oxygens (including phenoxy) is 4. The van der Waals surface area contributed by atoms with Crippen molar-refractivity contribution in [2.75, 3.05) is 52.0 Å². The first kappa shape index (κ1) is 46.3. The number of carbonyl (C=O) groups is 4. The molecule has 326 valence electrons. The van der Waals surface area contributed by atoms with Crippen molar-refractivity contribution in [2.45, 2.75) is 77.8 Å². The number of benzene rings is 1. The lowest BCUT2D eigenvalue weighted by Crippen LogP contribution is -2.38. The molecule has 0 spiro atoms. The van der Waals surface area contributed by atoms with Crippen LogP contribution in [-0.4, -0.2) is 100 Å². The molecule has 1 fully saturated rings. The zero-order chi connectivity index (χ0) is 44.2. The number of carbonyl (C=O) groups excluding carboxylic acids is 4. The van der Waals surface area contributed by atoms with E-state index in [-0.39, 0.29) is 40.3 Å². The Kier molecular flexibility index (Phi) is 16.4. The van der Waals surface area contributed by atoms with Crippen LogP contribution < -0.4 is 26.7 Å². The van der Waals surface area contributed by atoms with Gasteiger partial charge in [0.15, 0.2) is 23.0 Å². The summed E-state index contributed by atoms with van der Waals surface area (Å²) in [6, 6.07) is 6.78. The second-order valence-corrected chi connectivity index (χ2v) is 15.5. The number of primary amides is 1. The average molecular weight is 841 g/mol. The molecule has 15 nitrogen and oxygen atoms in total. The predicted molar refractivity (Wildman–Crippen MR) is 229 cm³/mol. The number of aliphatic hydroxyl groups excluding tert-OH is 1. The van der Waals surface area contributed by atoms with Gasteiger partial charge in [0.25, 0.3) is 5.91 Å². The molecule has 0 radical (unpaired) electrons. The summed E-state index contributed by atoms with van der Waals surface area (Å²) in [6.07, 6.45) is 4.42. The standard InChI is InChI=1S/C46H56N4O11/c1-27-22-33-40(48-17-9-7-8-13-31-14-11-15-32-35(51)26-39(60-44(31)32)50-18-20-59-21-19-50)36(52)25-34(42(33)54)49-45(55)28(2)12-10-16-37(57-5)43(61-46(47)56)30(4)24-29(3)41(53)38(23-27)58-6/h10-12,14-16,24-27,29,37-38,41,43,48,53H,7,9,17-23H2,1-6H3,(H2,47,56)(H,49,55)/b16-10-,28-12+,30-24+/t27-,29-,37-,38-,41-,43-/m0/s1. The van der Waals surface area contributed by atoms with Crippen molar-refractivity contribution < 1.29 is 47.6 Å². The van der Waals surface area contributed by atoms with Crippen molar-refractivity contribution in [3.05, 3.63) is 98.5 Å². The third kappa shape index (κ3) is 11.9. The van der Waals surface area contributed by atoms with Gasteiger partial charge in [0, 0.05) is 69.5 Å². The molecular formula is C46H56N4O11. The number of hydrogen-bond donors (Lipinski definition) is 4. The van der Waals surface area contributed by atoms with Crippen molar-refractivity contribution in [2.24, 2.45) is 17.6 Å². The first-order valence-electron chi connectivity index (χ1n) is 20.4. The number of methoxy groups -OCH3 is 2. The van der Waals surface area contributed by atoms with Gasteiger partial charge in [0.1, 0.15) is 6.10 Å². The molecule has 3 aliphatic rings. The molecule has 6 atom stereocenters. The van der Waals surface area contributed by atoms with E-state index in [9.17, 15) is 29.1 Å². The topological polar surface area (TPSA) is 209 Å². The highest BCUT2D eigenvalue weighted by molar-refractivity contribution is 6.23. The largest absolute Gasteiger partial charge is 0.439 e. The maximum absolute atomic E-state index is 14.1. The van der Waals surface area contributed by atoms with E-state index in [2.05, 4.69) is 22.5 Å². The first-order valence-corrected chi connectivity index (χ1v) is 20.4. The van der Waals surface area contributed by atoms with E-state index in [1.807, 2.05) is 11.8 Å². The number of hydrogen-bond acceptors (Lipinski definition) is 13. The average Bonchev–Trinajstić information content (AvgIpc) is 3.24. The van der Waals surface area contributed by atoms with Gasteiger partial charge in [-0.1, -0.05) is 56.1 Å². The van der Waals surface area contributed by atoms with E-state index in [4.69, 9.17) is 29.1 Å². The molecule has 15 heteroatoms. The van der Waals surface area contributed by atoms with Gasteiger partial charge >= 0.3 is 6.09 Å². The number of nitrogens with zero attached hydrogens (tertiary/aromatic N) is 1. The summed E-state index contributed by atoms with van der Waals surface area (Å²) in [4.78, 5) is 67.9. The van der Waals surface area contributed by atoms with Crippen molar-refractivity contribution in [1.29, 1.82) is 0 Å². The Labute approximate surface area is 355 Å². The summed E-state index contributed by atoms with van der Waals surface area (Å²) in [5.74, 6) is 4.41. The van der Waals surface area contributed by atoms with Crippen LogP contribution in [0.25, 0.3) is 11.0 Å². The number of ketones is 2. The van der Waals surface area contributed by atoms with E-state index in [0.717, 1.165) is 6.08 Å². The van der Waals surface area contributed by atoms with Crippen LogP contribution in [0.4, 0.5) is 10.7 Å². The van der Waals surface area contributed by atoms with E-state index >= 15 is 0 Å². The zero-order valence-corrected chi connectivity index (χ0v) is 35.6. The minimum Gasteiger partial charge on any atom is -0.439 e. The second-order valence-electron chi connectivity index (χ2n) is 15.5. The highest BCUT2D eigenvalue weighted by atomic mass is 16.6. The molecule has 1 aromatic carbocycles. The number of Topliss-reactive ketones (excluding diaryl/α,β-unsaturated/α-hetero) is 1. The Morgan fingerprint density at radius 3 is 2.56 bits per heavy atom. The minimum atomic E-state index is -1.02. The third-order valence-corrected chi connectivity index (χ3v) is 10.9. The number of fused-ring (bicyclic) bond motifs is 3. The highest BCUT2D eigenvalue weighted by Gasteiger charge is 2.33. The molecule has 61 heavy (non-hydrogen) atoms. The lowest BCUT2D eigenvalue weighted by atomic mass is 9.85. The lowest BCUT2D eigenvalue weighted by molar-refractivity contribution is -0.120. The smallest absolute Gasteiger partial charge is 0.405 e. The van der Waals surface area contributed by atoms with Crippen LogP contribution in [0.5, 0.6) is 0 Å². The Balaban J connectivity index is 1.37. The van der Waals surface area contributed by atoms with Crippen molar-refractivity contribution in [3.63, 3.8) is 0 Å². The summed E-state index contributed by atoms with van der Waals surface area (Å²) in [5.41, 5.74) is 7.20. The number of para-hydroxylation sites is 1. The van der Waals surface area contributed by atoms with Gasteiger partial charge in [-0.15, -0.1) is 0 Å². The molecule has 0 saturated carbocycles. The molecular weight excluding hydrogens is 785 g/mol. The van der Waals surface area contributed by atoms with E-state index in [1.54, 1.807) is 57.2 Å². The molecule has 1 aromatic heterocycles. The summed E-state index contributed by atoms with van der Waals surface area (Å²) in [5, 5.41) is 17.7. The Morgan fingerprint density at radius 2 is 1.85 bits per heavy atom. The van der Waals surface area contributed by atoms with E-state index in [1.165, 1.54) is 26.4 Å². The van der Waals surface area contributed by atoms with Crippen LogP contribution in [-0.2, 0) is 33.3 Å². The Hall–Kier alpha value is -5.79. The monoisotopic (exact) mass is 840 g/mol. The predicted octanol–water partition coefficient (Wildman–Crippen LogP) is 4.13. The molecule has 2 aromatic rings. The number of amides is 2. The summed E-state index contributed by atoms with van der Waals surface area (Å²) >= 11 is 0. The van der Waals surface area contributed by atoms with Gasteiger partial charge in [0.05, 0.1) is 47.8 Å². The maximum atomic E-state index is 14.1. The molecule has 2 bridgehead atoms. The van der Waals surface area contributed by atoms with Crippen LogP contribution in [0.1, 0.15) is 58.9 Å². The summed E-state index contributed by atoms with van der Waals surface area (Å²) in [6.45, 7) is 9.59. The molecule has 5 N–H and O–H groups in total. The van der Waals surface area contributed by atoms with E-state index < -0.39 is 53.9 Å². The Bertz CT molecular complexity index is 2250. The van der Waals surface area contributed by atoms with Crippen LogP contribution in [0.15, 0.2) is 92.0 Å². The molecule has 0 unspecified atom stereocenters. The molecule has 2 aliphatic heterocycles. The lowest BCUT2D eigenvalue weighted by Gasteiger charge is -2.30. The molecule has 1 saturated heterocycles. The maximum Gasteiger partial charge on any atom is 0.405 e. The molecule has 5 rings (SSSR count). The number of aliphatic hydroxyl groups is 1. The number of rotatable bonds is 8. The number of anilines is 1. The van der Waals surface area contributed by atoms with Gasteiger partial charge in [-0.25, -0.2) is 4.79 Å². The number of nitrogens with two attached hydrogens (primary N) is 1. The van der Waals surface area contributed by atoms with Crippen LogP contribution >= 0.6 is 0 Å². The van der Waals surface area contributed by atoms with Gasteiger partial charge in [-0.05, 0) is 56.7 Å². The fourth-order valence-corrected chi connectivity index (χ4v) is 7.53. The molecule has 3 heterocycles. The number of allylic oxidation sites excluding steroid dienone is 4. The van der Waals surface area contributed by atoms with E-state index in [0.29, 0.717) is 80.1 Å². The molecule has 1 aliphatic carbocycles.